The van der Waals surface area contributed by atoms with Gasteiger partial charge in [0.1, 0.15) is 5.75 Å². The van der Waals surface area contributed by atoms with Crippen LogP contribution < -0.4 is 5.32 Å². The number of phenolic OH excluding ortho intramolecular Hbond substituents is 1. The lowest BCUT2D eigenvalue weighted by atomic mass is 10.0. The highest BCUT2D eigenvalue weighted by molar-refractivity contribution is 5.96. The van der Waals surface area contributed by atoms with Gasteiger partial charge in [-0.1, -0.05) is 0 Å². The first kappa shape index (κ1) is 11.3. The summed E-state index contributed by atoms with van der Waals surface area (Å²) in [5.74, 6) is 3.52. The molecular formula is C16H19NO2. The predicted molar refractivity (Wildman–Crippen MR) is 71.9 cm³/mol. The molecule has 0 aromatic heterocycles. The summed E-state index contributed by atoms with van der Waals surface area (Å²) < 4.78 is 0. The maximum Gasteiger partial charge on any atom is 0.251 e. The maximum atomic E-state index is 12.3. The largest absolute Gasteiger partial charge is 0.508 e. The minimum Gasteiger partial charge on any atom is -0.508 e. The van der Waals surface area contributed by atoms with E-state index in [1.807, 2.05) is 6.92 Å². The molecule has 3 heteroatoms. The van der Waals surface area contributed by atoms with Crippen LogP contribution in [0.4, 0.5) is 0 Å². The number of hydrogen-bond donors (Lipinski definition) is 2. The van der Waals surface area contributed by atoms with E-state index in [0.29, 0.717) is 11.6 Å². The first-order valence-electron chi connectivity index (χ1n) is 7.25. The van der Waals surface area contributed by atoms with Gasteiger partial charge in [-0.3, -0.25) is 4.79 Å². The van der Waals surface area contributed by atoms with Gasteiger partial charge in [-0.05, 0) is 73.6 Å². The van der Waals surface area contributed by atoms with Crippen molar-refractivity contribution >= 4 is 5.91 Å². The molecule has 0 spiro atoms. The van der Waals surface area contributed by atoms with Crippen molar-refractivity contribution in [3.63, 3.8) is 0 Å². The molecule has 0 aliphatic heterocycles. The SMILES string of the molecule is Cc1cc(O)ccc1C(=O)NC1C2C3CCC(C3)C12. The van der Waals surface area contributed by atoms with E-state index >= 15 is 0 Å². The number of amides is 1. The van der Waals surface area contributed by atoms with Gasteiger partial charge in [-0.15, -0.1) is 0 Å². The van der Waals surface area contributed by atoms with Crippen molar-refractivity contribution in [2.24, 2.45) is 23.7 Å². The van der Waals surface area contributed by atoms with Gasteiger partial charge in [0.05, 0.1) is 0 Å². The first-order chi connectivity index (χ1) is 9.15. The number of fused-ring (bicyclic) bond motifs is 5. The topological polar surface area (TPSA) is 49.3 Å². The molecule has 1 aromatic rings. The van der Waals surface area contributed by atoms with Crippen LogP contribution in [0, 0.1) is 30.6 Å². The van der Waals surface area contributed by atoms with Crippen LogP contribution in [-0.4, -0.2) is 17.1 Å². The molecule has 4 unspecified atom stereocenters. The zero-order chi connectivity index (χ0) is 13.1. The first-order valence-corrected chi connectivity index (χ1v) is 7.25. The Morgan fingerprint density at radius 3 is 2.58 bits per heavy atom. The zero-order valence-electron chi connectivity index (χ0n) is 11.1. The summed E-state index contributed by atoms with van der Waals surface area (Å²) in [5.41, 5.74) is 1.53. The van der Waals surface area contributed by atoms with E-state index in [1.54, 1.807) is 18.2 Å². The van der Waals surface area contributed by atoms with Crippen LogP contribution in [0.1, 0.15) is 35.2 Å². The van der Waals surface area contributed by atoms with Crippen molar-refractivity contribution in [3.8, 4) is 5.75 Å². The van der Waals surface area contributed by atoms with Crippen molar-refractivity contribution in [1.29, 1.82) is 0 Å². The highest BCUT2D eigenvalue weighted by atomic mass is 16.3. The molecule has 4 atom stereocenters. The normalized spacial score (nSPS) is 38.1. The van der Waals surface area contributed by atoms with Crippen LogP contribution in [-0.2, 0) is 0 Å². The summed E-state index contributed by atoms with van der Waals surface area (Å²) in [5, 5.41) is 12.6. The fraction of sp³-hybridized carbons (Fsp3) is 0.562. The van der Waals surface area contributed by atoms with E-state index in [4.69, 9.17) is 0 Å². The molecule has 0 heterocycles. The zero-order valence-corrected chi connectivity index (χ0v) is 11.1. The molecule has 19 heavy (non-hydrogen) atoms. The number of carbonyl (C=O) groups excluding carboxylic acids is 1. The van der Waals surface area contributed by atoms with E-state index in [0.717, 1.165) is 29.2 Å². The van der Waals surface area contributed by atoms with Crippen molar-refractivity contribution < 1.29 is 9.90 Å². The Labute approximate surface area is 113 Å². The number of nitrogens with one attached hydrogen (secondary N) is 1. The number of rotatable bonds is 2. The van der Waals surface area contributed by atoms with E-state index in [2.05, 4.69) is 5.32 Å². The van der Waals surface area contributed by atoms with E-state index in [1.165, 1.54) is 19.3 Å². The lowest BCUT2D eigenvalue weighted by molar-refractivity contribution is 0.0943. The number of benzene rings is 1. The Hall–Kier alpha value is -1.51. The lowest BCUT2D eigenvalue weighted by Gasteiger charge is -2.12. The molecular weight excluding hydrogens is 238 g/mol. The Morgan fingerprint density at radius 2 is 1.95 bits per heavy atom. The van der Waals surface area contributed by atoms with Gasteiger partial charge in [-0.2, -0.15) is 0 Å². The number of hydrogen-bond acceptors (Lipinski definition) is 2. The standard InChI is InChI=1S/C16H19NO2/c1-8-6-11(18)4-5-12(8)16(19)17-15-13-9-2-3-10(7-9)14(13)15/h4-6,9-10,13-15,18H,2-3,7H2,1H3,(H,17,19). The highest BCUT2D eigenvalue weighted by Crippen LogP contribution is 2.65. The Kier molecular flexibility index (Phi) is 2.23. The highest BCUT2D eigenvalue weighted by Gasteiger charge is 2.65. The van der Waals surface area contributed by atoms with Crippen LogP contribution in [0.3, 0.4) is 0 Å². The van der Waals surface area contributed by atoms with Gasteiger partial charge in [-0.25, -0.2) is 0 Å². The molecule has 2 bridgehead atoms. The summed E-state index contributed by atoms with van der Waals surface area (Å²) >= 11 is 0. The van der Waals surface area contributed by atoms with Crippen molar-refractivity contribution in [2.45, 2.75) is 32.2 Å². The van der Waals surface area contributed by atoms with Crippen molar-refractivity contribution in [1.82, 2.24) is 5.32 Å². The summed E-state index contributed by atoms with van der Waals surface area (Å²) in [6, 6.07) is 5.37. The van der Waals surface area contributed by atoms with E-state index in [9.17, 15) is 9.90 Å². The molecule has 0 radical (unpaired) electrons. The molecule has 100 valence electrons. The Bertz CT molecular complexity index is 538. The summed E-state index contributed by atoms with van der Waals surface area (Å²) in [6.07, 6.45) is 4.15. The van der Waals surface area contributed by atoms with Gasteiger partial charge >= 0.3 is 0 Å². The molecule has 4 rings (SSSR count). The third kappa shape index (κ3) is 1.60. The number of aromatic hydroxyl groups is 1. The van der Waals surface area contributed by atoms with Crippen LogP contribution in [0.5, 0.6) is 5.75 Å². The number of carbonyl (C=O) groups is 1. The molecule has 1 aromatic carbocycles. The average molecular weight is 257 g/mol. The monoisotopic (exact) mass is 257 g/mol. The Balaban J connectivity index is 1.48. The lowest BCUT2D eigenvalue weighted by Crippen LogP contribution is -2.30. The van der Waals surface area contributed by atoms with Crippen LogP contribution in [0.2, 0.25) is 0 Å². The quantitative estimate of drug-likeness (QED) is 0.855. The molecule has 3 fully saturated rings. The second-order valence-corrected chi connectivity index (χ2v) is 6.49. The third-order valence-corrected chi connectivity index (χ3v) is 5.49. The van der Waals surface area contributed by atoms with E-state index < -0.39 is 0 Å². The molecule has 3 aliphatic carbocycles. The second-order valence-electron chi connectivity index (χ2n) is 6.49. The smallest absolute Gasteiger partial charge is 0.251 e. The summed E-state index contributed by atoms with van der Waals surface area (Å²) in [7, 11) is 0. The number of phenols is 1. The van der Waals surface area contributed by atoms with Crippen LogP contribution in [0.15, 0.2) is 18.2 Å². The maximum absolute atomic E-state index is 12.3. The van der Waals surface area contributed by atoms with Gasteiger partial charge in [0.2, 0.25) is 0 Å². The van der Waals surface area contributed by atoms with Crippen molar-refractivity contribution in [3.05, 3.63) is 29.3 Å². The average Bonchev–Trinajstić information content (AvgIpc) is 2.78. The molecule has 2 N–H and O–H groups in total. The fourth-order valence-corrected chi connectivity index (χ4v) is 4.65. The minimum atomic E-state index is 0.0244. The van der Waals surface area contributed by atoms with Gasteiger partial charge in [0, 0.05) is 11.6 Å². The molecule has 0 saturated heterocycles. The molecule has 3 saturated carbocycles. The molecule has 3 nitrogen and oxygen atoms in total. The molecule has 3 aliphatic rings. The number of aryl methyl sites for hydroxylation is 1. The van der Waals surface area contributed by atoms with Crippen molar-refractivity contribution in [2.75, 3.05) is 0 Å². The van der Waals surface area contributed by atoms with Crippen LogP contribution in [0.25, 0.3) is 0 Å². The van der Waals surface area contributed by atoms with Gasteiger partial charge < -0.3 is 10.4 Å². The third-order valence-electron chi connectivity index (χ3n) is 5.49. The van der Waals surface area contributed by atoms with Gasteiger partial charge in [0.15, 0.2) is 0 Å². The minimum absolute atomic E-state index is 0.0244. The summed E-state index contributed by atoms with van der Waals surface area (Å²) in [6.45, 7) is 1.87. The van der Waals surface area contributed by atoms with Crippen LogP contribution >= 0.6 is 0 Å². The van der Waals surface area contributed by atoms with Gasteiger partial charge in [0.25, 0.3) is 5.91 Å². The Morgan fingerprint density at radius 1 is 1.26 bits per heavy atom. The van der Waals surface area contributed by atoms with E-state index in [-0.39, 0.29) is 11.7 Å². The molecule has 1 amide bonds. The summed E-state index contributed by atoms with van der Waals surface area (Å²) in [4.78, 5) is 12.3. The second kappa shape index (κ2) is 3.75. The fourth-order valence-electron chi connectivity index (χ4n) is 4.65. The predicted octanol–water partition coefficient (Wildman–Crippen LogP) is 2.47.